The first-order valence-corrected chi connectivity index (χ1v) is 9.53. The monoisotopic (exact) mass is 321 g/mol. The highest BCUT2D eigenvalue weighted by Crippen LogP contribution is 2.32. The van der Waals surface area contributed by atoms with Gasteiger partial charge in [0.1, 0.15) is 0 Å². The number of hydrogen-bond donors (Lipinski definition) is 2. The third-order valence-corrected chi connectivity index (χ3v) is 5.55. The van der Waals surface area contributed by atoms with Gasteiger partial charge in [-0.3, -0.25) is 4.79 Å². The topological polar surface area (TPSA) is 61.4 Å². The van der Waals surface area contributed by atoms with Gasteiger partial charge >= 0.3 is 6.03 Å². The van der Waals surface area contributed by atoms with Gasteiger partial charge in [0.15, 0.2) is 0 Å². The fourth-order valence-electron chi connectivity index (χ4n) is 3.97. The van der Waals surface area contributed by atoms with Gasteiger partial charge in [0, 0.05) is 38.0 Å². The second kappa shape index (κ2) is 8.02. The van der Waals surface area contributed by atoms with Crippen molar-refractivity contribution >= 4 is 11.9 Å². The molecular weight excluding hydrogens is 290 g/mol. The number of carbonyl (C=O) groups is 2. The van der Waals surface area contributed by atoms with Gasteiger partial charge in [-0.2, -0.15) is 0 Å². The lowest BCUT2D eigenvalue weighted by molar-refractivity contribution is -0.128. The SMILES string of the molecule is O=C(NCC1CCCCCCC1)NCC1CC(=O)N(C2CC2)C1. The normalized spacial score (nSPS) is 26.7. The summed E-state index contributed by atoms with van der Waals surface area (Å²) in [5.74, 6) is 1.20. The highest BCUT2D eigenvalue weighted by Gasteiger charge is 2.39. The average Bonchev–Trinajstić information content (AvgIpc) is 3.27. The summed E-state index contributed by atoms with van der Waals surface area (Å²) in [5, 5.41) is 6.00. The van der Waals surface area contributed by atoms with Crippen LogP contribution < -0.4 is 10.6 Å². The van der Waals surface area contributed by atoms with Crippen molar-refractivity contribution in [3.8, 4) is 0 Å². The highest BCUT2D eigenvalue weighted by atomic mass is 16.2. The number of carbonyl (C=O) groups excluding carboxylic acids is 2. The maximum Gasteiger partial charge on any atom is 0.314 e. The van der Waals surface area contributed by atoms with Crippen LogP contribution in [0.3, 0.4) is 0 Å². The Morgan fingerprint density at radius 1 is 0.913 bits per heavy atom. The first-order valence-electron chi connectivity index (χ1n) is 9.53. The summed E-state index contributed by atoms with van der Waals surface area (Å²) >= 11 is 0. The van der Waals surface area contributed by atoms with Crippen LogP contribution in [0.15, 0.2) is 0 Å². The number of likely N-dealkylation sites (tertiary alicyclic amines) is 1. The Balaban J connectivity index is 1.31. The second-order valence-electron chi connectivity index (χ2n) is 7.65. The summed E-state index contributed by atoms with van der Waals surface area (Å²) in [5.41, 5.74) is 0. The largest absolute Gasteiger partial charge is 0.339 e. The molecule has 3 fully saturated rings. The molecule has 5 heteroatoms. The van der Waals surface area contributed by atoms with Crippen LogP contribution in [-0.4, -0.2) is 42.5 Å². The summed E-state index contributed by atoms with van der Waals surface area (Å²) in [6.45, 7) is 2.24. The molecule has 2 saturated carbocycles. The minimum Gasteiger partial charge on any atom is -0.339 e. The minimum atomic E-state index is -0.0654. The molecule has 2 aliphatic carbocycles. The van der Waals surface area contributed by atoms with E-state index in [9.17, 15) is 9.59 Å². The molecule has 130 valence electrons. The quantitative estimate of drug-likeness (QED) is 0.818. The van der Waals surface area contributed by atoms with Crippen molar-refractivity contribution in [3.63, 3.8) is 0 Å². The average molecular weight is 321 g/mol. The molecular formula is C18H31N3O2. The molecule has 0 bridgehead atoms. The minimum absolute atomic E-state index is 0.0654. The third kappa shape index (κ3) is 5.11. The van der Waals surface area contributed by atoms with Crippen molar-refractivity contribution in [2.75, 3.05) is 19.6 Å². The summed E-state index contributed by atoms with van der Waals surface area (Å²) < 4.78 is 0. The first kappa shape index (κ1) is 16.6. The molecule has 3 amide bonds. The van der Waals surface area contributed by atoms with Crippen molar-refractivity contribution in [2.45, 2.75) is 70.3 Å². The van der Waals surface area contributed by atoms with Gasteiger partial charge in [-0.25, -0.2) is 4.79 Å². The Bertz CT molecular complexity index is 414. The van der Waals surface area contributed by atoms with E-state index in [1.807, 2.05) is 4.90 Å². The van der Waals surface area contributed by atoms with Gasteiger partial charge in [-0.15, -0.1) is 0 Å². The van der Waals surface area contributed by atoms with E-state index in [1.165, 1.54) is 44.9 Å². The van der Waals surface area contributed by atoms with Crippen molar-refractivity contribution in [2.24, 2.45) is 11.8 Å². The molecule has 0 radical (unpaired) electrons. The maximum atomic E-state index is 12.0. The molecule has 1 saturated heterocycles. The van der Waals surface area contributed by atoms with E-state index in [-0.39, 0.29) is 17.9 Å². The lowest BCUT2D eigenvalue weighted by Crippen LogP contribution is -2.41. The number of nitrogens with one attached hydrogen (secondary N) is 2. The van der Waals surface area contributed by atoms with Crippen LogP contribution in [0.5, 0.6) is 0 Å². The van der Waals surface area contributed by atoms with Crippen molar-refractivity contribution < 1.29 is 9.59 Å². The van der Waals surface area contributed by atoms with Gasteiger partial charge in [0.05, 0.1) is 0 Å². The highest BCUT2D eigenvalue weighted by molar-refractivity contribution is 5.79. The first-order chi connectivity index (χ1) is 11.2. The lowest BCUT2D eigenvalue weighted by Gasteiger charge is -2.20. The Morgan fingerprint density at radius 3 is 2.17 bits per heavy atom. The summed E-state index contributed by atoms with van der Waals surface area (Å²) in [6.07, 6.45) is 12.1. The van der Waals surface area contributed by atoms with Crippen LogP contribution in [0.4, 0.5) is 4.79 Å². The van der Waals surface area contributed by atoms with Crippen LogP contribution >= 0.6 is 0 Å². The zero-order valence-electron chi connectivity index (χ0n) is 14.2. The fraction of sp³-hybridized carbons (Fsp3) is 0.889. The van der Waals surface area contributed by atoms with Crippen LogP contribution in [0.1, 0.15) is 64.2 Å². The molecule has 3 aliphatic rings. The summed E-state index contributed by atoms with van der Waals surface area (Å²) in [4.78, 5) is 25.9. The molecule has 3 rings (SSSR count). The zero-order valence-corrected chi connectivity index (χ0v) is 14.2. The molecule has 5 nitrogen and oxygen atoms in total. The smallest absolute Gasteiger partial charge is 0.314 e. The molecule has 0 aromatic heterocycles. The number of amides is 3. The lowest BCUT2D eigenvalue weighted by atomic mass is 9.91. The van der Waals surface area contributed by atoms with Crippen molar-refractivity contribution in [1.82, 2.24) is 15.5 Å². The van der Waals surface area contributed by atoms with Gasteiger partial charge in [-0.05, 0) is 31.6 Å². The standard InChI is InChI=1S/C18H31N3O2/c22-17-10-15(13-21(17)16-8-9-16)12-20-18(23)19-11-14-6-4-2-1-3-5-7-14/h14-16H,1-13H2,(H2,19,20,23). The summed E-state index contributed by atoms with van der Waals surface area (Å²) in [6, 6.07) is 0.435. The predicted molar refractivity (Wildman–Crippen MR) is 90.1 cm³/mol. The predicted octanol–water partition coefficient (Wildman–Crippen LogP) is 2.66. The maximum absolute atomic E-state index is 12.0. The Morgan fingerprint density at radius 2 is 1.52 bits per heavy atom. The molecule has 1 unspecified atom stereocenters. The Kier molecular flexibility index (Phi) is 5.79. The van der Waals surface area contributed by atoms with Crippen LogP contribution in [-0.2, 0) is 4.79 Å². The molecule has 0 spiro atoms. The molecule has 0 aromatic carbocycles. The van der Waals surface area contributed by atoms with Gasteiger partial charge in [0.2, 0.25) is 5.91 Å². The van der Waals surface area contributed by atoms with Gasteiger partial charge in [0.25, 0.3) is 0 Å². The van der Waals surface area contributed by atoms with E-state index in [2.05, 4.69) is 10.6 Å². The van der Waals surface area contributed by atoms with Gasteiger partial charge in [-0.1, -0.05) is 32.1 Å². The molecule has 1 heterocycles. The van der Waals surface area contributed by atoms with Crippen LogP contribution in [0, 0.1) is 11.8 Å². The molecule has 23 heavy (non-hydrogen) atoms. The van der Waals surface area contributed by atoms with Crippen molar-refractivity contribution in [1.29, 1.82) is 0 Å². The Hall–Kier alpha value is -1.26. The molecule has 1 aliphatic heterocycles. The number of nitrogens with zero attached hydrogens (tertiary/aromatic N) is 1. The number of rotatable bonds is 5. The summed E-state index contributed by atoms with van der Waals surface area (Å²) in [7, 11) is 0. The second-order valence-corrected chi connectivity index (χ2v) is 7.65. The van der Waals surface area contributed by atoms with E-state index in [1.54, 1.807) is 0 Å². The van der Waals surface area contributed by atoms with E-state index in [0.717, 1.165) is 25.9 Å². The van der Waals surface area contributed by atoms with E-state index < -0.39 is 0 Å². The molecule has 1 atom stereocenters. The van der Waals surface area contributed by atoms with Gasteiger partial charge < -0.3 is 15.5 Å². The molecule has 2 N–H and O–H groups in total. The van der Waals surface area contributed by atoms with E-state index >= 15 is 0 Å². The number of urea groups is 1. The van der Waals surface area contributed by atoms with Crippen molar-refractivity contribution in [3.05, 3.63) is 0 Å². The van der Waals surface area contributed by atoms with Crippen LogP contribution in [0.2, 0.25) is 0 Å². The van der Waals surface area contributed by atoms with E-state index in [0.29, 0.717) is 24.9 Å². The number of hydrogen-bond acceptors (Lipinski definition) is 2. The third-order valence-electron chi connectivity index (χ3n) is 5.55. The fourth-order valence-corrected chi connectivity index (χ4v) is 3.97. The Labute approximate surface area is 139 Å². The zero-order chi connectivity index (χ0) is 16.1. The van der Waals surface area contributed by atoms with Crippen LogP contribution in [0.25, 0.3) is 0 Å². The molecule has 0 aromatic rings. The van der Waals surface area contributed by atoms with E-state index in [4.69, 9.17) is 0 Å².